The maximum Gasteiger partial charge on any atom is 0.261 e. The Hall–Kier alpha value is -1.93. The van der Waals surface area contributed by atoms with E-state index in [1.807, 2.05) is 37.3 Å². The fraction of sp³-hybridized carbons (Fsp3) is 0.333. The Kier molecular flexibility index (Phi) is 6.26. The highest BCUT2D eigenvalue weighted by Crippen LogP contribution is 2.32. The van der Waals surface area contributed by atoms with Crippen LogP contribution in [0.15, 0.2) is 30.3 Å². The number of amides is 1. The number of thiophene rings is 1. The van der Waals surface area contributed by atoms with Gasteiger partial charge in [0.2, 0.25) is 0 Å². The first-order chi connectivity index (χ1) is 12.6. The number of para-hydroxylation sites is 1. The second kappa shape index (κ2) is 8.64. The fourth-order valence-electron chi connectivity index (χ4n) is 2.60. The van der Waals surface area contributed by atoms with E-state index >= 15 is 0 Å². The molecule has 138 valence electrons. The summed E-state index contributed by atoms with van der Waals surface area (Å²) in [4.78, 5) is 14.0. The number of methoxy groups -OCH3 is 1. The molecule has 0 unspecified atom stereocenters. The minimum atomic E-state index is -0.0788. The van der Waals surface area contributed by atoms with Gasteiger partial charge in [-0.05, 0) is 25.1 Å². The van der Waals surface area contributed by atoms with Crippen LogP contribution in [-0.4, -0.2) is 49.0 Å². The van der Waals surface area contributed by atoms with Crippen molar-refractivity contribution in [2.75, 3.05) is 33.4 Å². The van der Waals surface area contributed by atoms with Gasteiger partial charge in [0, 0.05) is 32.1 Å². The predicted octanol–water partition coefficient (Wildman–Crippen LogP) is 3.01. The molecule has 6 nitrogen and oxygen atoms in total. The number of rotatable bonds is 8. The molecule has 0 aliphatic rings. The van der Waals surface area contributed by atoms with Gasteiger partial charge in [0.25, 0.3) is 5.91 Å². The van der Waals surface area contributed by atoms with E-state index in [9.17, 15) is 4.79 Å². The molecule has 0 fully saturated rings. The summed E-state index contributed by atoms with van der Waals surface area (Å²) in [5.74, 6) is -0.0788. The number of fused-ring (bicyclic) bond motifs is 1. The van der Waals surface area contributed by atoms with Crippen molar-refractivity contribution in [3.8, 4) is 5.69 Å². The molecule has 0 spiro atoms. The highest BCUT2D eigenvalue weighted by atomic mass is 35.5. The third-order valence-electron chi connectivity index (χ3n) is 3.92. The van der Waals surface area contributed by atoms with Gasteiger partial charge in [0.05, 0.1) is 27.9 Å². The third-order valence-corrected chi connectivity index (χ3v) is 5.35. The van der Waals surface area contributed by atoms with Crippen molar-refractivity contribution in [1.29, 1.82) is 0 Å². The van der Waals surface area contributed by atoms with Crippen LogP contribution in [0.4, 0.5) is 0 Å². The second-order valence-electron chi connectivity index (χ2n) is 5.78. The van der Waals surface area contributed by atoms with E-state index < -0.39 is 0 Å². The number of benzene rings is 1. The third kappa shape index (κ3) is 4.07. The largest absolute Gasteiger partial charge is 0.383 e. The molecule has 1 aromatic carbocycles. The smallest absolute Gasteiger partial charge is 0.261 e. The van der Waals surface area contributed by atoms with Gasteiger partial charge in [-0.1, -0.05) is 23.7 Å². The standard InChI is InChI=1S/C18H21ClN4O2S/c1-12-13-11-16(17(24)21-8-7-20-9-10-25-2)26-18(13)23(22-12)15-6-4-3-5-14(15)19/h3-6,11,20H,7-10H2,1-2H3,(H,21,24). The van der Waals surface area contributed by atoms with Gasteiger partial charge in [-0.2, -0.15) is 5.10 Å². The second-order valence-corrected chi connectivity index (χ2v) is 7.21. The minimum Gasteiger partial charge on any atom is -0.383 e. The number of carbonyl (C=O) groups is 1. The molecule has 26 heavy (non-hydrogen) atoms. The topological polar surface area (TPSA) is 68.2 Å². The van der Waals surface area contributed by atoms with E-state index in [-0.39, 0.29) is 5.91 Å². The molecule has 2 heterocycles. The first kappa shape index (κ1) is 18.8. The number of nitrogens with one attached hydrogen (secondary N) is 2. The lowest BCUT2D eigenvalue weighted by Crippen LogP contribution is -2.32. The Balaban J connectivity index is 1.74. The zero-order chi connectivity index (χ0) is 18.5. The predicted molar refractivity (Wildman–Crippen MR) is 106 cm³/mol. The van der Waals surface area contributed by atoms with Crippen LogP contribution in [0.3, 0.4) is 0 Å². The first-order valence-electron chi connectivity index (χ1n) is 8.33. The van der Waals surface area contributed by atoms with E-state index in [1.54, 1.807) is 11.8 Å². The first-order valence-corrected chi connectivity index (χ1v) is 9.53. The number of halogens is 1. The number of ether oxygens (including phenoxy) is 1. The maximum atomic E-state index is 12.4. The normalized spacial score (nSPS) is 11.2. The molecule has 1 amide bonds. The van der Waals surface area contributed by atoms with E-state index in [1.165, 1.54) is 11.3 Å². The molecule has 3 rings (SSSR count). The highest BCUT2D eigenvalue weighted by molar-refractivity contribution is 7.20. The van der Waals surface area contributed by atoms with Crippen molar-refractivity contribution >= 4 is 39.1 Å². The molecule has 0 saturated carbocycles. The van der Waals surface area contributed by atoms with Crippen molar-refractivity contribution in [2.45, 2.75) is 6.92 Å². The highest BCUT2D eigenvalue weighted by Gasteiger charge is 2.17. The molecular weight excluding hydrogens is 372 g/mol. The van der Waals surface area contributed by atoms with Gasteiger partial charge in [-0.15, -0.1) is 11.3 Å². The molecule has 8 heteroatoms. The number of aromatic nitrogens is 2. The van der Waals surface area contributed by atoms with E-state index in [0.717, 1.165) is 28.1 Å². The molecule has 0 radical (unpaired) electrons. The average molecular weight is 393 g/mol. The number of aryl methyl sites for hydroxylation is 1. The van der Waals surface area contributed by atoms with Crippen molar-refractivity contribution in [3.05, 3.63) is 45.9 Å². The Morgan fingerprint density at radius 1 is 1.31 bits per heavy atom. The zero-order valence-electron chi connectivity index (χ0n) is 14.7. The summed E-state index contributed by atoms with van der Waals surface area (Å²) in [7, 11) is 1.66. The Morgan fingerprint density at radius 3 is 2.88 bits per heavy atom. The number of hydrogen-bond donors (Lipinski definition) is 2. The van der Waals surface area contributed by atoms with Crippen molar-refractivity contribution in [1.82, 2.24) is 20.4 Å². The van der Waals surface area contributed by atoms with E-state index in [0.29, 0.717) is 29.6 Å². The monoisotopic (exact) mass is 392 g/mol. The SMILES string of the molecule is COCCNCCNC(=O)c1cc2c(C)nn(-c3ccccc3Cl)c2s1. The van der Waals surface area contributed by atoms with E-state index in [4.69, 9.17) is 16.3 Å². The Labute approximate surface area is 161 Å². The van der Waals surface area contributed by atoms with Gasteiger partial charge in [0.15, 0.2) is 0 Å². The summed E-state index contributed by atoms with van der Waals surface area (Å²) >= 11 is 7.72. The number of hydrogen-bond acceptors (Lipinski definition) is 5. The molecular formula is C18H21ClN4O2S. The Morgan fingerprint density at radius 2 is 2.12 bits per heavy atom. The van der Waals surface area contributed by atoms with Crippen LogP contribution in [0.1, 0.15) is 15.4 Å². The fourth-order valence-corrected chi connectivity index (χ4v) is 3.90. The van der Waals surface area contributed by atoms with Crippen molar-refractivity contribution in [2.24, 2.45) is 0 Å². The van der Waals surface area contributed by atoms with Crippen LogP contribution in [0.2, 0.25) is 5.02 Å². The summed E-state index contributed by atoms with van der Waals surface area (Å²) in [6.45, 7) is 4.62. The average Bonchev–Trinajstić information content (AvgIpc) is 3.19. The van der Waals surface area contributed by atoms with Gasteiger partial charge >= 0.3 is 0 Å². The summed E-state index contributed by atoms with van der Waals surface area (Å²) in [5, 5.41) is 12.3. The minimum absolute atomic E-state index is 0.0788. The molecule has 0 bridgehead atoms. The van der Waals surface area contributed by atoms with Crippen LogP contribution in [0.5, 0.6) is 0 Å². The van der Waals surface area contributed by atoms with Gasteiger partial charge in [-0.3, -0.25) is 4.79 Å². The van der Waals surface area contributed by atoms with Gasteiger partial charge in [0.1, 0.15) is 4.83 Å². The van der Waals surface area contributed by atoms with Crippen LogP contribution < -0.4 is 10.6 Å². The zero-order valence-corrected chi connectivity index (χ0v) is 16.3. The molecule has 0 saturated heterocycles. The lowest BCUT2D eigenvalue weighted by atomic mass is 10.3. The molecule has 2 N–H and O–H groups in total. The van der Waals surface area contributed by atoms with Crippen LogP contribution in [0, 0.1) is 6.92 Å². The summed E-state index contributed by atoms with van der Waals surface area (Å²) in [6, 6.07) is 9.44. The quantitative estimate of drug-likeness (QED) is 0.578. The molecule has 3 aromatic rings. The van der Waals surface area contributed by atoms with Gasteiger partial charge in [-0.25, -0.2) is 4.68 Å². The van der Waals surface area contributed by atoms with Crippen LogP contribution in [0.25, 0.3) is 15.9 Å². The summed E-state index contributed by atoms with van der Waals surface area (Å²) < 4.78 is 6.77. The van der Waals surface area contributed by atoms with E-state index in [2.05, 4.69) is 15.7 Å². The maximum absolute atomic E-state index is 12.4. The summed E-state index contributed by atoms with van der Waals surface area (Å²) in [6.07, 6.45) is 0. The van der Waals surface area contributed by atoms with Crippen LogP contribution in [-0.2, 0) is 4.74 Å². The molecule has 0 atom stereocenters. The van der Waals surface area contributed by atoms with Crippen molar-refractivity contribution < 1.29 is 9.53 Å². The Bertz CT molecular complexity index is 906. The molecule has 0 aliphatic heterocycles. The van der Waals surface area contributed by atoms with Crippen molar-refractivity contribution in [3.63, 3.8) is 0 Å². The number of nitrogens with zero attached hydrogens (tertiary/aromatic N) is 2. The summed E-state index contributed by atoms with van der Waals surface area (Å²) in [5.41, 5.74) is 1.68. The lowest BCUT2D eigenvalue weighted by Gasteiger charge is -2.06. The van der Waals surface area contributed by atoms with Crippen LogP contribution >= 0.6 is 22.9 Å². The molecule has 2 aromatic heterocycles. The number of carbonyl (C=O) groups excluding carboxylic acids is 1. The van der Waals surface area contributed by atoms with Gasteiger partial charge < -0.3 is 15.4 Å². The lowest BCUT2D eigenvalue weighted by molar-refractivity contribution is 0.0958. The molecule has 0 aliphatic carbocycles.